The lowest BCUT2D eigenvalue weighted by atomic mass is 9.88. The van der Waals surface area contributed by atoms with Crippen LogP contribution in [-0.2, 0) is 6.42 Å². The summed E-state index contributed by atoms with van der Waals surface area (Å²) in [6.07, 6.45) is 6.05. The normalized spacial score (nSPS) is 29.6. The Morgan fingerprint density at radius 1 is 1.44 bits per heavy atom. The summed E-state index contributed by atoms with van der Waals surface area (Å²) in [6, 6.07) is 8.77. The Kier molecular flexibility index (Phi) is 3.34. The maximum atomic E-state index is 6.51. The molecule has 1 nitrogen and oxygen atoms in total. The minimum atomic E-state index is 0.0640. The number of rotatable bonds is 3. The average molecular weight is 217 g/mol. The monoisotopic (exact) mass is 217 g/mol. The molecule has 1 aliphatic carbocycles. The maximum Gasteiger partial charge on any atom is 0.0197 e. The van der Waals surface area contributed by atoms with Crippen LogP contribution in [0.4, 0.5) is 0 Å². The van der Waals surface area contributed by atoms with Crippen molar-refractivity contribution in [2.75, 3.05) is 0 Å². The molecule has 2 rings (SSSR count). The molecule has 1 aromatic carbocycles. The number of aryl methyl sites for hydroxylation is 1. The van der Waals surface area contributed by atoms with Gasteiger partial charge in [0.05, 0.1) is 0 Å². The molecule has 1 aromatic rings. The summed E-state index contributed by atoms with van der Waals surface area (Å²) in [4.78, 5) is 0. The second kappa shape index (κ2) is 4.58. The van der Waals surface area contributed by atoms with Crippen LogP contribution in [-0.4, -0.2) is 5.54 Å². The van der Waals surface area contributed by atoms with Crippen molar-refractivity contribution in [1.82, 2.24) is 0 Å². The van der Waals surface area contributed by atoms with E-state index in [4.69, 9.17) is 5.73 Å². The van der Waals surface area contributed by atoms with E-state index in [1.165, 1.54) is 36.8 Å². The van der Waals surface area contributed by atoms with E-state index in [9.17, 15) is 0 Å². The van der Waals surface area contributed by atoms with Crippen LogP contribution in [0, 0.1) is 12.8 Å². The highest BCUT2D eigenvalue weighted by Crippen LogP contribution is 2.36. The minimum Gasteiger partial charge on any atom is -0.325 e. The van der Waals surface area contributed by atoms with E-state index in [1.54, 1.807) is 0 Å². The molecule has 0 spiro atoms. The van der Waals surface area contributed by atoms with Gasteiger partial charge in [-0.2, -0.15) is 0 Å². The fourth-order valence-corrected chi connectivity index (χ4v) is 3.01. The van der Waals surface area contributed by atoms with Crippen LogP contribution in [0.25, 0.3) is 0 Å². The lowest BCUT2D eigenvalue weighted by Crippen LogP contribution is -2.39. The third-order valence-electron chi connectivity index (χ3n) is 3.96. The van der Waals surface area contributed by atoms with E-state index in [0.717, 1.165) is 12.3 Å². The maximum absolute atomic E-state index is 6.51. The van der Waals surface area contributed by atoms with Gasteiger partial charge in [-0.05, 0) is 44.1 Å². The van der Waals surface area contributed by atoms with Gasteiger partial charge in [0, 0.05) is 5.54 Å². The second-order valence-electron chi connectivity index (χ2n) is 5.55. The van der Waals surface area contributed by atoms with Gasteiger partial charge < -0.3 is 5.73 Å². The Hall–Kier alpha value is -0.820. The summed E-state index contributed by atoms with van der Waals surface area (Å²) in [5, 5.41) is 0. The highest BCUT2D eigenvalue weighted by atomic mass is 14.8. The molecule has 0 bridgehead atoms. The average Bonchev–Trinajstić information content (AvgIpc) is 2.60. The summed E-state index contributed by atoms with van der Waals surface area (Å²) < 4.78 is 0. The fourth-order valence-electron chi connectivity index (χ4n) is 3.01. The van der Waals surface area contributed by atoms with Crippen LogP contribution in [0.3, 0.4) is 0 Å². The van der Waals surface area contributed by atoms with E-state index < -0.39 is 0 Å². The highest BCUT2D eigenvalue weighted by molar-refractivity contribution is 5.24. The van der Waals surface area contributed by atoms with Crippen molar-refractivity contribution in [3.8, 4) is 0 Å². The lowest BCUT2D eigenvalue weighted by molar-refractivity contribution is 0.407. The first-order chi connectivity index (χ1) is 7.61. The fraction of sp³-hybridized carbons (Fsp3) is 0.600. The summed E-state index contributed by atoms with van der Waals surface area (Å²) in [7, 11) is 0. The summed E-state index contributed by atoms with van der Waals surface area (Å²) in [5.41, 5.74) is 9.31. The molecule has 88 valence electrons. The predicted molar refractivity (Wildman–Crippen MR) is 69.4 cm³/mol. The molecule has 1 saturated carbocycles. The Balaban J connectivity index is 2.04. The van der Waals surface area contributed by atoms with Crippen molar-refractivity contribution in [2.24, 2.45) is 11.7 Å². The molecule has 0 aliphatic heterocycles. The molecule has 0 amide bonds. The van der Waals surface area contributed by atoms with Gasteiger partial charge in [0.1, 0.15) is 0 Å². The third kappa shape index (κ3) is 2.65. The zero-order valence-electron chi connectivity index (χ0n) is 10.5. The molecule has 0 saturated heterocycles. The molecule has 1 heteroatoms. The van der Waals surface area contributed by atoms with Crippen molar-refractivity contribution in [2.45, 2.75) is 51.5 Å². The van der Waals surface area contributed by atoms with Gasteiger partial charge in [-0.1, -0.05) is 43.2 Å². The van der Waals surface area contributed by atoms with Crippen LogP contribution in [0.15, 0.2) is 24.3 Å². The van der Waals surface area contributed by atoms with Crippen LogP contribution in [0.2, 0.25) is 0 Å². The molecule has 0 aromatic heterocycles. The second-order valence-corrected chi connectivity index (χ2v) is 5.55. The topological polar surface area (TPSA) is 26.0 Å². The van der Waals surface area contributed by atoms with Crippen LogP contribution in [0.5, 0.6) is 0 Å². The lowest BCUT2D eigenvalue weighted by Gasteiger charge is -2.24. The van der Waals surface area contributed by atoms with Crippen LogP contribution < -0.4 is 5.73 Å². The zero-order chi connectivity index (χ0) is 11.6. The molecule has 1 fully saturated rings. The molecule has 2 N–H and O–H groups in total. The van der Waals surface area contributed by atoms with Crippen LogP contribution in [0.1, 0.15) is 43.7 Å². The number of benzene rings is 1. The summed E-state index contributed by atoms with van der Waals surface area (Å²) in [5.74, 6) is 0.856. The van der Waals surface area contributed by atoms with E-state index in [1.807, 2.05) is 0 Å². The van der Waals surface area contributed by atoms with E-state index >= 15 is 0 Å². The van der Waals surface area contributed by atoms with Crippen LogP contribution >= 0.6 is 0 Å². The van der Waals surface area contributed by atoms with Gasteiger partial charge >= 0.3 is 0 Å². The molecule has 16 heavy (non-hydrogen) atoms. The Bertz CT molecular complexity index is 358. The Morgan fingerprint density at radius 3 is 2.88 bits per heavy atom. The third-order valence-corrected chi connectivity index (χ3v) is 3.96. The molecule has 0 radical (unpaired) electrons. The molecular weight excluding hydrogens is 194 g/mol. The van der Waals surface area contributed by atoms with Crippen molar-refractivity contribution < 1.29 is 0 Å². The van der Waals surface area contributed by atoms with E-state index in [0.29, 0.717) is 0 Å². The van der Waals surface area contributed by atoms with Crippen molar-refractivity contribution in [3.05, 3.63) is 35.4 Å². The van der Waals surface area contributed by atoms with Crippen molar-refractivity contribution >= 4 is 0 Å². The van der Waals surface area contributed by atoms with E-state index in [2.05, 4.69) is 38.1 Å². The molecule has 0 heterocycles. The van der Waals surface area contributed by atoms with Gasteiger partial charge in [-0.15, -0.1) is 0 Å². The quantitative estimate of drug-likeness (QED) is 0.824. The predicted octanol–water partition coefficient (Wildman–Crippen LogP) is 3.45. The SMILES string of the molecule is CCC1CCC(N)(Cc2cccc(C)c2)C1. The first-order valence-electron chi connectivity index (χ1n) is 6.46. The minimum absolute atomic E-state index is 0.0640. The van der Waals surface area contributed by atoms with Gasteiger partial charge in [0.25, 0.3) is 0 Å². The smallest absolute Gasteiger partial charge is 0.0197 e. The molecule has 2 unspecified atom stereocenters. The first-order valence-corrected chi connectivity index (χ1v) is 6.46. The molecule has 2 atom stereocenters. The van der Waals surface area contributed by atoms with Gasteiger partial charge in [-0.3, -0.25) is 0 Å². The summed E-state index contributed by atoms with van der Waals surface area (Å²) >= 11 is 0. The van der Waals surface area contributed by atoms with Gasteiger partial charge in [0.15, 0.2) is 0 Å². The number of hydrogen-bond acceptors (Lipinski definition) is 1. The molecule has 1 aliphatic rings. The van der Waals surface area contributed by atoms with Crippen molar-refractivity contribution in [1.29, 1.82) is 0 Å². The number of nitrogens with two attached hydrogens (primary N) is 1. The highest BCUT2D eigenvalue weighted by Gasteiger charge is 2.34. The largest absolute Gasteiger partial charge is 0.325 e. The first kappa shape index (κ1) is 11.7. The van der Waals surface area contributed by atoms with Gasteiger partial charge in [-0.25, -0.2) is 0 Å². The Labute approximate surface area is 99.0 Å². The molecular formula is C15H23N. The summed E-state index contributed by atoms with van der Waals surface area (Å²) in [6.45, 7) is 4.43. The van der Waals surface area contributed by atoms with Gasteiger partial charge in [0.2, 0.25) is 0 Å². The Morgan fingerprint density at radius 2 is 2.25 bits per heavy atom. The zero-order valence-corrected chi connectivity index (χ0v) is 10.5. The van der Waals surface area contributed by atoms with E-state index in [-0.39, 0.29) is 5.54 Å². The standard InChI is InChI=1S/C15H23N/c1-3-13-7-8-15(16,10-13)11-14-6-4-5-12(2)9-14/h4-6,9,13H,3,7-8,10-11,16H2,1-2H3. The number of hydrogen-bond donors (Lipinski definition) is 1. The van der Waals surface area contributed by atoms with Crippen molar-refractivity contribution in [3.63, 3.8) is 0 Å².